The number of nitrogens with one attached hydrogen (secondary N) is 1. The Hall–Kier alpha value is 0.0100. The molecule has 2 unspecified atom stereocenters. The number of hydrogen-bond donors (Lipinski definition) is 2. The largest absolute Gasteiger partial charge is 0.271 e. The normalized spacial score (nSPS) is 25.3. The van der Waals surface area contributed by atoms with Gasteiger partial charge in [-0.3, -0.25) is 11.3 Å². The second-order valence-corrected chi connectivity index (χ2v) is 5.19. The van der Waals surface area contributed by atoms with Gasteiger partial charge in [-0.05, 0) is 32.4 Å². The van der Waals surface area contributed by atoms with Gasteiger partial charge < -0.3 is 0 Å². The highest BCUT2D eigenvalue weighted by Gasteiger charge is 2.21. The van der Waals surface area contributed by atoms with E-state index in [4.69, 9.17) is 5.84 Å². The molecule has 1 fully saturated rings. The van der Waals surface area contributed by atoms with Crippen LogP contribution in [-0.2, 0) is 0 Å². The summed E-state index contributed by atoms with van der Waals surface area (Å²) < 4.78 is 0. The van der Waals surface area contributed by atoms with Crippen LogP contribution in [0.3, 0.4) is 0 Å². The van der Waals surface area contributed by atoms with Crippen LogP contribution in [0, 0.1) is 0 Å². The number of rotatable bonds is 3. The molecule has 0 spiro atoms. The number of nitrogens with two attached hydrogens (primary N) is 1. The fraction of sp³-hybridized carbons (Fsp3) is 0.800. The van der Waals surface area contributed by atoms with Crippen molar-refractivity contribution in [2.24, 2.45) is 5.84 Å². The summed E-state index contributed by atoms with van der Waals surface area (Å²) in [7, 11) is 0. The second-order valence-electron chi connectivity index (χ2n) is 3.84. The Morgan fingerprint density at radius 3 is 2.77 bits per heavy atom. The van der Waals surface area contributed by atoms with E-state index >= 15 is 0 Å². The molecule has 0 amide bonds. The minimum absolute atomic E-state index is 0.357. The summed E-state index contributed by atoms with van der Waals surface area (Å²) in [4.78, 5) is 0. The maximum Gasteiger partial charge on any atom is 0.0511 e. The third-order valence-corrected chi connectivity index (χ3v) is 3.80. The lowest BCUT2D eigenvalue weighted by Gasteiger charge is -2.27. The molecular weight excluding hydrogens is 180 g/mol. The first-order valence-electron chi connectivity index (χ1n) is 4.97. The fourth-order valence-electron chi connectivity index (χ4n) is 1.67. The number of allylic oxidation sites excluding steroid dienone is 1. The van der Waals surface area contributed by atoms with E-state index in [2.05, 4.69) is 37.1 Å². The first kappa shape index (κ1) is 11.1. The predicted molar refractivity (Wildman–Crippen MR) is 60.6 cm³/mol. The SMILES string of the molecule is CC(C)=CC(NN)C1CCCCS1. The Kier molecular flexibility index (Phi) is 4.84. The van der Waals surface area contributed by atoms with Crippen LogP contribution >= 0.6 is 11.8 Å². The van der Waals surface area contributed by atoms with Crippen LogP contribution < -0.4 is 11.3 Å². The molecule has 0 radical (unpaired) electrons. The van der Waals surface area contributed by atoms with Crippen LogP contribution in [0.25, 0.3) is 0 Å². The highest BCUT2D eigenvalue weighted by molar-refractivity contribution is 8.00. The molecule has 2 nitrogen and oxygen atoms in total. The van der Waals surface area contributed by atoms with E-state index in [0.29, 0.717) is 11.3 Å². The summed E-state index contributed by atoms with van der Waals surface area (Å²) in [6.07, 6.45) is 6.26. The molecule has 0 aromatic carbocycles. The van der Waals surface area contributed by atoms with Gasteiger partial charge in [-0.2, -0.15) is 11.8 Å². The number of thioether (sulfide) groups is 1. The maximum absolute atomic E-state index is 5.54. The predicted octanol–water partition coefficient (Wildman–Crippen LogP) is 2.07. The van der Waals surface area contributed by atoms with Gasteiger partial charge in [-0.1, -0.05) is 18.1 Å². The minimum atomic E-state index is 0.357. The van der Waals surface area contributed by atoms with Gasteiger partial charge in [0.1, 0.15) is 0 Å². The van der Waals surface area contributed by atoms with Crippen LogP contribution in [0.5, 0.6) is 0 Å². The van der Waals surface area contributed by atoms with Crippen molar-refractivity contribution >= 4 is 11.8 Å². The first-order valence-corrected chi connectivity index (χ1v) is 6.01. The van der Waals surface area contributed by atoms with Crippen LogP contribution in [0.2, 0.25) is 0 Å². The van der Waals surface area contributed by atoms with Gasteiger partial charge in [0, 0.05) is 5.25 Å². The second kappa shape index (κ2) is 5.68. The zero-order valence-electron chi connectivity index (χ0n) is 8.55. The topological polar surface area (TPSA) is 38.0 Å². The van der Waals surface area contributed by atoms with Gasteiger partial charge in [0.25, 0.3) is 0 Å². The highest BCUT2D eigenvalue weighted by atomic mass is 32.2. The molecule has 76 valence electrons. The summed E-state index contributed by atoms with van der Waals surface area (Å²) in [5.41, 5.74) is 4.25. The smallest absolute Gasteiger partial charge is 0.0511 e. The molecule has 1 aliphatic heterocycles. The third kappa shape index (κ3) is 3.71. The van der Waals surface area contributed by atoms with E-state index < -0.39 is 0 Å². The summed E-state index contributed by atoms with van der Waals surface area (Å²) in [6, 6.07) is 0.357. The summed E-state index contributed by atoms with van der Waals surface area (Å²) in [5.74, 6) is 6.84. The molecule has 1 aliphatic rings. The van der Waals surface area contributed by atoms with E-state index in [0.717, 1.165) is 0 Å². The molecule has 1 rings (SSSR count). The van der Waals surface area contributed by atoms with Gasteiger partial charge >= 0.3 is 0 Å². The molecular formula is C10H20N2S. The molecule has 3 heteroatoms. The van der Waals surface area contributed by atoms with E-state index in [1.54, 1.807) is 0 Å². The molecule has 13 heavy (non-hydrogen) atoms. The van der Waals surface area contributed by atoms with Gasteiger partial charge in [-0.15, -0.1) is 0 Å². The van der Waals surface area contributed by atoms with Crippen LogP contribution in [0.15, 0.2) is 11.6 Å². The van der Waals surface area contributed by atoms with Crippen molar-refractivity contribution in [3.63, 3.8) is 0 Å². The van der Waals surface area contributed by atoms with E-state index in [-0.39, 0.29) is 0 Å². The summed E-state index contributed by atoms with van der Waals surface area (Å²) in [5, 5.41) is 0.675. The van der Waals surface area contributed by atoms with E-state index in [1.807, 2.05) is 0 Å². The standard InChI is InChI=1S/C10H20N2S/c1-8(2)7-9(12-11)10-5-3-4-6-13-10/h7,9-10,12H,3-6,11H2,1-2H3. The molecule has 0 aromatic rings. The van der Waals surface area contributed by atoms with Crippen molar-refractivity contribution in [1.29, 1.82) is 0 Å². The Morgan fingerprint density at radius 2 is 2.31 bits per heavy atom. The van der Waals surface area contributed by atoms with Gasteiger partial charge in [-0.25, -0.2) is 0 Å². The zero-order chi connectivity index (χ0) is 9.68. The van der Waals surface area contributed by atoms with Crippen molar-refractivity contribution in [2.75, 3.05) is 5.75 Å². The zero-order valence-corrected chi connectivity index (χ0v) is 9.36. The van der Waals surface area contributed by atoms with E-state index in [1.165, 1.54) is 30.6 Å². The van der Waals surface area contributed by atoms with Gasteiger partial charge in [0.05, 0.1) is 6.04 Å². The van der Waals surface area contributed by atoms with Crippen molar-refractivity contribution in [2.45, 2.75) is 44.4 Å². The van der Waals surface area contributed by atoms with E-state index in [9.17, 15) is 0 Å². The first-order chi connectivity index (χ1) is 6.24. The van der Waals surface area contributed by atoms with Crippen LogP contribution in [0.4, 0.5) is 0 Å². The Morgan fingerprint density at radius 1 is 1.54 bits per heavy atom. The molecule has 0 aromatic heterocycles. The van der Waals surface area contributed by atoms with Crippen molar-refractivity contribution in [3.8, 4) is 0 Å². The number of hydrogen-bond acceptors (Lipinski definition) is 3. The lowest BCUT2D eigenvalue weighted by atomic mass is 10.1. The van der Waals surface area contributed by atoms with Crippen molar-refractivity contribution in [1.82, 2.24) is 5.43 Å². The van der Waals surface area contributed by atoms with Crippen molar-refractivity contribution < 1.29 is 0 Å². The Labute approximate surface area is 85.3 Å². The fourth-order valence-corrected chi connectivity index (χ4v) is 3.04. The monoisotopic (exact) mass is 200 g/mol. The Bertz CT molecular complexity index is 170. The third-order valence-electron chi connectivity index (χ3n) is 2.32. The summed E-state index contributed by atoms with van der Waals surface area (Å²) in [6.45, 7) is 4.25. The molecule has 2 atom stereocenters. The molecule has 0 bridgehead atoms. The van der Waals surface area contributed by atoms with Crippen LogP contribution in [0.1, 0.15) is 33.1 Å². The van der Waals surface area contributed by atoms with Gasteiger partial charge in [0.2, 0.25) is 0 Å². The molecule has 1 heterocycles. The molecule has 0 saturated carbocycles. The minimum Gasteiger partial charge on any atom is -0.271 e. The summed E-state index contributed by atoms with van der Waals surface area (Å²) >= 11 is 2.05. The molecule has 1 saturated heterocycles. The maximum atomic E-state index is 5.54. The Balaban J connectivity index is 2.49. The lowest BCUT2D eigenvalue weighted by Crippen LogP contribution is -2.42. The average Bonchev–Trinajstić information content (AvgIpc) is 2.15. The molecule has 0 aliphatic carbocycles. The number of hydrazine groups is 1. The molecule has 3 N–H and O–H groups in total. The highest BCUT2D eigenvalue weighted by Crippen LogP contribution is 2.28. The van der Waals surface area contributed by atoms with Gasteiger partial charge in [0.15, 0.2) is 0 Å². The lowest BCUT2D eigenvalue weighted by molar-refractivity contribution is 0.538. The van der Waals surface area contributed by atoms with Crippen molar-refractivity contribution in [3.05, 3.63) is 11.6 Å². The van der Waals surface area contributed by atoms with Crippen LogP contribution in [-0.4, -0.2) is 17.0 Å². The quantitative estimate of drug-likeness (QED) is 0.416. The average molecular weight is 200 g/mol.